The summed E-state index contributed by atoms with van der Waals surface area (Å²) in [4.78, 5) is 10.1. The first-order chi connectivity index (χ1) is 5.38. The number of rotatable bonds is 1. The van der Waals surface area contributed by atoms with Crippen molar-refractivity contribution < 1.29 is 0 Å². The normalized spacial score (nSPS) is 10.3. The largest absolute Gasteiger partial charge is 0.367 e. The molecule has 0 unspecified atom stereocenters. The van der Waals surface area contributed by atoms with E-state index >= 15 is 0 Å². The molecule has 2 heterocycles. The lowest BCUT2D eigenvalue weighted by atomic mass is 10.3. The fourth-order valence-corrected chi connectivity index (χ4v) is 1.38. The summed E-state index contributed by atoms with van der Waals surface area (Å²) in [6.07, 6.45) is 5.43. The van der Waals surface area contributed by atoms with Crippen LogP contribution in [-0.2, 0) is 0 Å². The van der Waals surface area contributed by atoms with Crippen LogP contribution in [0.5, 0.6) is 0 Å². The summed E-state index contributed by atoms with van der Waals surface area (Å²) in [5, 5.41) is 0. The van der Waals surface area contributed by atoms with E-state index in [1.807, 2.05) is 18.5 Å². The summed E-state index contributed by atoms with van der Waals surface area (Å²) in [6.45, 7) is 0. The molecule has 0 aliphatic carbocycles. The van der Waals surface area contributed by atoms with Crippen molar-refractivity contribution >= 4 is 15.9 Å². The molecule has 0 radical (unpaired) electrons. The molecule has 2 aromatic rings. The van der Waals surface area contributed by atoms with Crippen molar-refractivity contribution in [1.29, 1.82) is 0 Å². The zero-order valence-corrected chi connectivity index (χ0v) is 7.22. The van der Waals surface area contributed by atoms with Crippen molar-refractivity contribution in [3.8, 4) is 11.3 Å². The van der Waals surface area contributed by atoms with Crippen molar-refractivity contribution in [3.63, 3.8) is 0 Å². The van der Waals surface area contributed by atoms with Crippen LogP contribution in [0.1, 0.15) is 0 Å². The summed E-state index contributed by atoms with van der Waals surface area (Å²) < 4.78 is 0.914. The van der Waals surface area contributed by atoms with Crippen LogP contribution in [0.3, 0.4) is 0 Å². The number of aromatic amines is 2. The first-order valence-corrected chi connectivity index (χ1v) is 3.99. The minimum Gasteiger partial charge on any atom is -0.367 e. The minimum absolute atomic E-state index is 0.914. The molecule has 11 heavy (non-hydrogen) atoms. The molecule has 0 bridgehead atoms. The molecule has 0 spiro atoms. The average molecular weight is 212 g/mol. The lowest BCUT2D eigenvalue weighted by Crippen LogP contribution is -1.72. The van der Waals surface area contributed by atoms with Crippen LogP contribution in [0.25, 0.3) is 11.3 Å². The quantitative estimate of drug-likeness (QED) is 0.747. The second kappa shape index (κ2) is 2.54. The van der Waals surface area contributed by atoms with Crippen LogP contribution in [0.4, 0.5) is 0 Å². The Morgan fingerprint density at radius 3 is 2.91 bits per heavy atom. The van der Waals surface area contributed by atoms with E-state index in [0.717, 1.165) is 15.9 Å². The van der Waals surface area contributed by atoms with E-state index in [1.54, 1.807) is 6.33 Å². The number of imidazole rings is 1. The molecule has 56 valence electrons. The first kappa shape index (κ1) is 6.67. The highest BCUT2D eigenvalue weighted by atomic mass is 79.9. The minimum atomic E-state index is 0.914. The van der Waals surface area contributed by atoms with Gasteiger partial charge in [-0.05, 0) is 22.0 Å². The van der Waals surface area contributed by atoms with Crippen molar-refractivity contribution in [2.45, 2.75) is 0 Å². The molecule has 0 aliphatic rings. The SMILES string of the molecule is Brc1[nH]cnc1-c1cc[nH]c1. The van der Waals surface area contributed by atoms with Gasteiger partial charge in [-0.25, -0.2) is 4.98 Å². The first-order valence-electron chi connectivity index (χ1n) is 3.20. The molecule has 2 rings (SSSR count). The van der Waals surface area contributed by atoms with Gasteiger partial charge in [-0.15, -0.1) is 0 Å². The van der Waals surface area contributed by atoms with Gasteiger partial charge in [0.05, 0.1) is 6.33 Å². The van der Waals surface area contributed by atoms with E-state index < -0.39 is 0 Å². The molecular formula is C7H6BrN3. The number of hydrogen-bond acceptors (Lipinski definition) is 1. The standard InChI is InChI=1S/C7H6BrN3/c8-7-6(10-4-11-7)5-1-2-9-3-5/h1-4,9H,(H,10,11). The highest BCUT2D eigenvalue weighted by molar-refractivity contribution is 9.10. The van der Waals surface area contributed by atoms with Crippen molar-refractivity contribution in [2.24, 2.45) is 0 Å². The monoisotopic (exact) mass is 211 g/mol. The van der Waals surface area contributed by atoms with Crippen molar-refractivity contribution in [1.82, 2.24) is 15.0 Å². The zero-order chi connectivity index (χ0) is 7.68. The Bertz CT molecular complexity index is 336. The topological polar surface area (TPSA) is 44.5 Å². The molecule has 3 nitrogen and oxygen atoms in total. The van der Waals surface area contributed by atoms with Gasteiger partial charge in [-0.1, -0.05) is 0 Å². The molecule has 0 saturated heterocycles. The fraction of sp³-hybridized carbons (Fsp3) is 0. The van der Waals surface area contributed by atoms with Crippen LogP contribution >= 0.6 is 15.9 Å². The number of H-pyrrole nitrogens is 2. The maximum absolute atomic E-state index is 4.14. The maximum Gasteiger partial charge on any atom is 0.110 e. The molecule has 2 aromatic heterocycles. The molecule has 0 amide bonds. The molecule has 0 atom stereocenters. The maximum atomic E-state index is 4.14. The third-order valence-corrected chi connectivity index (χ3v) is 2.07. The van der Waals surface area contributed by atoms with Gasteiger partial charge in [0.2, 0.25) is 0 Å². The molecular weight excluding hydrogens is 206 g/mol. The Kier molecular flexibility index (Phi) is 1.54. The summed E-state index contributed by atoms with van der Waals surface area (Å²) in [5.41, 5.74) is 2.02. The molecule has 0 saturated carbocycles. The molecule has 0 fully saturated rings. The third-order valence-electron chi connectivity index (χ3n) is 1.46. The van der Waals surface area contributed by atoms with E-state index in [9.17, 15) is 0 Å². The zero-order valence-electron chi connectivity index (χ0n) is 5.63. The second-order valence-corrected chi connectivity index (χ2v) is 2.96. The van der Waals surface area contributed by atoms with Gasteiger partial charge >= 0.3 is 0 Å². The number of hydrogen-bond donors (Lipinski definition) is 2. The van der Waals surface area contributed by atoms with Gasteiger partial charge in [0, 0.05) is 18.0 Å². The van der Waals surface area contributed by atoms with Gasteiger partial charge in [0.1, 0.15) is 10.3 Å². The lowest BCUT2D eigenvalue weighted by molar-refractivity contribution is 1.30. The van der Waals surface area contributed by atoms with Gasteiger partial charge in [-0.3, -0.25) is 0 Å². The highest BCUT2D eigenvalue weighted by Gasteiger charge is 2.04. The number of halogens is 1. The third kappa shape index (κ3) is 1.09. The van der Waals surface area contributed by atoms with E-state index in [4.69, 9.17) is 0 Å². The highest BCUT2D eigenvalue weighted by Crippen LogP contribution is 2.23. The predicted molar refractivity (Wildman–Crippen MR) is 46.1 cm³/mol. The van der Waals surface area contributed by atoms with Crippen LogP contribution in [0, 0.1) is 0 Å². The Labute approximate surface area is 72.0 Å². The summed E-state index contributed by atoms with van der Waals surface area (Å²) >= 11 is 3.36. The van der Waals surface area contributed by atoms with Crippen LogP contribution in [0.2, 0.25) is 0 Å². The summed E-state index contributed by atoms with van der Waals surface area (Å²) in [7, 11) is 0. The number of aromatic nitrogens is 3. The van der Waals surface area contributed by atoms with Gasteiger partial charge in [-0.2, -0.15) is 0 Å². The van der Waals surface area contributed by atoms with E-state index in [-0.39, 0.29) is 0 Å². The fourth-order valence-electron chi connectivity index (χ4n) is 0.951. The molecule has 2 N–H and O–H groups in total. The summed E-state index contributed by atoms with van der Waals surface area (Å²) in [5.74, 6) is 0. The summed E-state index contributed by atoms with van der Waals surface area (Å²) in [6, 6.07) is 1.97. The van der Waals surface area contributed by atoms with Crippen LogP contribution in [-0.4, -0.2) is 15.0 Å². The molecule has 4 heteroatoms. The lowest BCUT2D eigenvalue weighted by Gasteiger charge is -1.88. The van der Waals surface area contributed by atoms with Gasteiger partial charge in [0.15, 0.2) is 0 Å². The number of nitrogens with zero attached hydrogens (tertiary/aromatic N) is 1. The van der Waals surface area contributed by atoms with Gasteiger partial charge < -0.3 is 9.97 Å². The average Bonchev–Trinajstić information content (AvgIpc) is 2.55. The van der Waals surface area contributed by atoms with E-state index in [0.29, 0.717) is 0 Å². The van der Waals surface area contributed by atoms with Gasteiger partial charge in [0.25, 0.3) is 0 Å². The Balaban J connectivity index is 2.53. The Hall–Kier alpha value is -1.03. The predicted octanol–water partition coefficient (Wildman–Crippen LogP) is 2.17. The second-order valence-electron chi connectivity index (χ2n) is 2.16. The number of nitrogens with one attached hydrogen (secondary N) is 2. The van der Waals surface area contributed by atoms with Crippen LogP contribution < -0.4 is 0 Å². The van der Waals surface area contributed by atoms with E-state index in [2.05, 4.69) is 30.9 Å². The molecule has 0 aromatic carbocycles. The van der Waals surface area contributed by atoms with Crippen molar-refractivity contribution in [3.05, 3.63) is 29.4 Å². The van der Waals surface area contributed by atoms with Crippen molar-refractivity contribution in [2.75, 3.05) is 0 Å². The van der Waals surface area contributed by atoms with Crippen LogP contribution in [0.15, 0.2) is 29.4 Å². The smallest absolute Gasteiger partial charge is 0.110 e. The van der Waals surface area contributed by atoms with E-state index in [1.165, 1.54) is 0 Å². The molecule has 0 aliphatic heterocycles. The Morgan fingerprint density at radius 1 is 1.45 bits per heavy atom. The Morgan fingerprint density at radius 2 is 2.36 bits per heavy atom.